The molecule has 1 atom stereocenters. The number of nitrogens with zero attached hydrogens (tertiary/aromatic N) is 1. The number of thiazole rings is 1. The summed E-state index contributed by atoms with van der Waals surface area (Å²) in [7, 11) is 0. The standard InChI is InChI=1S/C13H20N2O2S2/c1-10-8-19-11(15-10)4-2-3-6-14-12(16)13(17)5-7-18-9-13/h8,17H,2-7,9H2,1H3,(H,14,16). The fourth-order valence-corrected chi connectivity index (χ4v) is 4.08. The summed E-state index contributed by atoms with van der Waals surface area (Å²) in [4.78, 5) is 16.2. The molecule has 1 aromatic heterocycles. The Balaban J connectivity index is 1.60. The van der Waals surface area contributed by atoms with Crippen LogP contribution in [0.4, 0.5) is 0 Å². The van der Waals surface area contributed by atoms with Crippen LogP contribution < -0.4 is 5.32 Å². The maximum atomic E-state index is 11.8. The van der Waals surface area contributed by atoms with E-state index in [1.807, 2.05) is 6.92 Å². The summed E-state index contributed by atoms with van der Waals surface area (Å²) in [6.45, 7) is 2.64. The number of nitrogens with one attached hydrogen (secondary N) is 1. The van der Waals surface area contributed by atoms with E-state index in [0.29, 0.717) is 18.7 Å². The molecule has 0 radical (unpaired) electrons. The quantitative estimate of drug-likeness (QED) is 0.786. The molecule has 0 bridgehead atoms. The Morgan fingerprint density at radius 3 is 3.05 bits per heavy atom. The third-order valence-electron chi connectivity index (χ3n) is 3.19. The minimum Gasteiger partial charge on any atom is -0.379 e. The summed E-state index contributed by atoms with van der Waals surface area (Å²) >= 11 is 3.33. The van der Waals surface area contributed by atoms with E-state index >= 15 is 0 Å². The van der Waals surface area contributed by atoms with Gasteiger partial charge in [-0.3, -0.25) is 4.79 Å². The lowest BCUT2D eigenvalue weighted by atomic mass is 10.0. The van der Waals surface area contributed by atoms with Crippen LogP contribution in [0, 0.1) is 6.92 Å². The average molecular weight is 300 g/mol. The molecule has 1 saturated heterocycles. The molecule has 0 saturated carbocycles. The van der Waals surface area contributed by atoms with Crippen molar-refractivity contribution in [2.24, 2.45) is 0 Å². The molecule has 0 spiro atoms. The van der Waals surface area contributed by atoms with Gasteiger partial charge in [0.1, 0.15) is 0 Å². The van der Waals surface area contributed by atoms with E-state index in [2.05, 4.69) is 15.7 Å². The highest BCUT2D eigenvalue weighted by Gasteiger charge is 2.39. The largest absolute Gasteiger partial charge is 0.379 e. The molecule has 6 heteroatoms. The summed E-state index contributed by atoms with van der Waals surface area (Å²) in [5, 5.41) is 16.1. The molecule has 1 amide bonds. The Morgan fingerprint density at radius 1 is 1.58 bits per heavy atom. The van der Waals surface area contributed by atoms with Crippen LogP contribution in [-0.4, -0.2) is 39.6 Å². The van der Waals surface area contributed by atoms with Gasteiger partial charge in [0.15, 0.2) is 5.60 Å². The first-order valence-corrected chi connectivity index (χ1v) is 8.63. The SMILES string of the molecule is Cc1csc(CCCCNC(=O)C2(O)CCSC2)n1. The Hall–Kier alpha value is -0.590. The predicted molar refractivity (Wildman–Crippen MR) is 79.7 cm³/mol. The second kappa shape index (κ2) is 6.72. The lowest BCUT2D eigenvalue weighted by Gasteiger charge is -2.20. The molecular formula is C13H20N2O2S2. The molecule has 1 aliphatic rings. The van der Waals surface area contributed by atoms with Crippen LogP contribution in [0.3, 0.4) is 0 Å². The maximum Gasteiger partial charge on any atom is 0.252 e. The van der Waals surface area contributed by atoms with Gasteiger partial charge in [-0.2, -0.15) is 11.8 Å². The van der Waals surface area contributed by atoms with Gasteiger partial charge in [-0.25, -0.2) is 4.98 Å². The molecule has 1 aromatic rings. The van der Waals surface area contributed by atoms with E-state index in [-0.39, 0.29) is 5.91 Å². The molecular weight excluding hydrogens is 280 g/mol. The Kier molecular flexibility index (Phi) is 5.24. The van der Waals surface area contributed by atoms with Gasteiger partial charge in [-0.05, 0) is 38.4 Å². The summed E-state index contributed by atoms with van der Waals surface area (Å²) in [5.41, 5.74) is -0.0499. The molecule has 1 unspecified atom stereocenters. The molecule has 2 rings (SSSR count). The first-order valence-electron chi connectivity index (χ1n) is 6.60. The smallest absolute Gasteiger partial charge is 0.252 e. The van der Waals surface area contributed by atoms with Crippen molar-refractivity contribution < 1.29 is 9.90 Å². The van der Waals surface area contributed by atoms with Crippen molar-refractivity contribution in [2.75, 3.05) is 18.1 Å². The number of aromatic nitrogens is 1. The monoisotopic (exact) mass is 300 g/mol. The maximum absolute atomic E-state index is 11.8. The van der Waals surface area contributed by atoms with E-state index in [1.54, 1.807) is 23.1 Å². The summed E-state index contributed by atoms with van der Waals surface area (Å²) in [6, 6.07) is 0. The van der Waals surface area contributed by atoms with E-state index in [4.69, 9.17) is 0 Å². The van der Waals surface area contributed by atoms with E-state index in [0.717, 1.165) is 35.7 Å². The van der Waals surface area contributed by atoms with Gasteiger partial charge in [-0.1, -0.05) is 0 Å². The van der Waals surface area contributed by atoms with Crippen LogP contribution in [0.2, 0.25) is 0 Å². The van der Waals surface area contributed by atoms with Gasteiger partial charge in [0.05, 0.1) is 5.01 Å². The van der Waals surface area contributed by atoms with Crippen LogP contribution in [0.1, 0.15) is 30.0 Å². The molecule has 1 aliphatic heterocycles. The Bertz CT molecular complexity index is 428. The second-order valence-corrected chi connectivity index (χ2v) is 6.98. The van der Waals surface area contributed by atoms with Gasteiger partial charge >= 0.3 is 0 Å². The third-order valence-corrected chi connectivity index (χ3v) is 5.39. The number of aliphatic hydroxyl groups is 1. The minimum absolute atomic E-state index is 0.206. The highest BCUT2D eigenvalue weighted by molar-refractivity contribution is 7.99. The second-order valence-electron chi connectivity index (χ2n) is 4.93. The lowest BCUT2D eigenvalue weighted by Crippen LogP contribution is -2.47. The van der Waals surface area contributed by atoms with E-state index in [1.165, 1.54) is 0 Å². The number of rotatable bonds is 6. The fourth-order valence-electron chi connectivity index (χ4n) is 2.02. The Labute approximate surface area is 122 Å². The minimum atomic E-state index is -1.13. The highest BCUT2D eigenvalue weighted by Crippen LogP contribution is 2.27. The van der Waals surface area contributed by atoms with Crippen molar-refractivity contribution >= 4 is 29.0 Å². The van der Waals surface area contributed by atoms with Gasteiger partial charge in [0.2, 0.25) is 0 Å². The molecule has 2 heterocycles. The Morgan fingerprint density at radius 2 is 2.42 bits per heavy atom. The van der Waals surface area contributed by atoms with E-state index in [9.17, 15) is 9.90 Å². The summed E-state index contributed by atoms with van der Waals surface area (Å²) in [5.74, 6) is 1.19. The van der Waals surface area contributed by atoms with Gasteiger partial charge in [0, 0.05) is 23.4 Å². The van der Waals surface area contributed by atoms with Crippen LogP contribution >= 0.6 is 23.1 Å². The number of amides is 1. The topological polar surface area (TPSA) is 62.2 Å². The van der Waals surface area contributed by atoms with Crippen molar-refractivity contribution in [1.29, 1.82) is 0 Å². The number of hydrogen-bond acceptors (Lipinski definition) is 5. The van der Waals surface area contributed by atoms with Crippen LogP contribution in [0.15, 0.2) is 5.38 Å². The molecule has 1 fully saturated rings. The summed E-state index contributed by atoms with van der Waals surface area (Å²) in [6.07, 6.45) is 3.48. The van der Waals surface area contributed by atoms with Crippen LogP contribution in [0.5, 0.6) is 0 Å². The molecule has 106 valence electrons. The van der Waals surface area contributed by atoms with Gasteiger partial charge in [-0.15, -0.1) is 11.3 Å². The molecule has 2 N–H and O–H groups in total. The van der Waals surface area contributed by atoms with Gasteiger partial charge in [0.25, 0.3) is 5.91 Å². The van der Waals surface area contributed by atoms with Crippen LogP contribution in [-0.2, 0) is 11.2 Å². The normalized spacial score (nSPS) is 22.6. The zero-order chi connectivity index (χ0) is 13.7. The lowest BCUT2D eigenvalue weighted by molar-refractivity contribution is -0.137. The number of carbonyl (C=O) groups excluding carboxylic acids is 1. The number of aryl methyl sites for hydroxylation is 2. The zero-order valence-electron chi connectivity index (χ0n) is 11.1. The van der Waals surface area contributed by atoms with Gasteiger partial charge < -0.3 is 10.4 Å². The first-order chi connectivity index (χ1) is 9.10. The predicted octanol–water partition coefficient (Wildman–Crippen LogP) is 1.76. The number of carbonyl (C=O) groups is 1. The molecule has 0 aliphatic carbocycles. The number of unbranched alkanes of at least 4 members (excludes halogenated alkanes) is 1. The average Bonchev–Trinajstić information content (AvgIpc) is 2.99. The molecule has 0 aromatic carbocycles. The van der Waals surface area contributed by atoms with Crippen molar-refractivity contribution in [3.05, 3.63) is 16.1 Å². The zero-order valence-corrected chi connectivity index (χ0v) is 12.8. The highest BCUT2D eigenvalue weighted by atomic mass is 32.2. The first kappa shape index (κ1) is 14.8. The van der Waals surface area contributed by atoms with Crippen LogP contribution in [0.25, 0.3) is 0 Å². The summed E-state index contributed by atoms with van der Waals surface area (Å²) < 4.78 is 0. The van der Waals surface area contributed by atoms with Crippen molar-refractivity contribution in [3.8, 4) is 0 Å². The van der Waals surface area contributed by atoms with Crippen molar-refractivity contribution in [3.63, 3.8) is 0 Å². The third kappa shape index (κ3) is 4.19. The molecule has 4 nitrogen and oxygen atoms in total. The number of thioether (sulfide) groups is 1. The molecule has 19 heavy (non-hydrogen) atoms. The number of hydrogen-bond donors (Lipinski definition) is 2. The van der Waals surface area contributed by atoms with Crippen molar-refractivity contribution in [1.82, 2.24) is 10.3 Å². The van der Waals surface area contributed by atoms with E-state index < -0.39 is 5.60 Å². The fraction of sp³-hybridized carbons (Fsp3) is 0.692. The van der Waals surface area contributed by atoms with Crippen molar-refractivity contribution in [2.45, 2.75) is 38.2 Å².